The highest BCUT2D eigenvalue weighted by Gasteiger charge is 2.36. The highest BCUT2D eigenvalue weighted by Crippen LogP contribution is 2.36. The van der Waals surface area contributed by atoms with Gasteiger partial charge in [-0.1, -0.05) is 17.3 Å². The van der Waals surface area contributed by atoms with Gasteiger partial charge in [0.1, 0.15) is 0 Å². The van der Waals surface area contributed by atoms with Gasteiger partial charge in [-0.3, -0.25) is 9.78 Å². The number of aromatic nitrogens is 3. The van der Waals surface area contributed by atoms with Crippen molar-refractivity contribution in [3.8, 4) is 11.5 Å². The monoisotopic (exact) mass is 360 g/mol. The Labute approximate surface area is 157 Å². The first kappa shape index (κ1) is 16.2. The van der Waals surface area contributed by atoms with Gasteiger partial charge in [0.05, 0.1) is 0 Å². The van der Waals surface area contributed by atoms with Crippen LogP contribution in [0.3, 0.4) is 0 Å². The molecule has 3 heterocycles. The van der Waals surface area contributed by atoms with Crippen LogP contribution in [0.1, 0.15) is 42.1 Å². The predicted octanol–water partition coefficient (Wildman–Crippen LogP) is 3.53. The van der Waals surface area contributed by atoms with Crippen LogP contribution in [0.15, 0.2) is 47.2 Å². The molecule has 0 saturated carbocycles. The molecule has 2 aliphatic rings. The lowest BCUT2D eigenvalue weighted by Crippen LogP contribution is -2.26. The Morgan fingerprint density at radius 1 is 1.07 bits per heavy atom. The molecule has 1 aliphatic carbocycles. The lowest BCUT2D eigenvalue weighted by atomic mass is 9.90. The van der Waals surface area contributed by atoms with Crippen molar-refractivity contribution in [1.29, 1.82) is 0 Å². The molecule has 1 saturated heterocycles. The second-order valence-corrected chi connectivity index (χ2v) is 7.22. The number of hydrogen-bond acceptors (Lipinski definition) is 5. The van der Waals surface area contributed by atoms with E-state index >= 15 is 0 Å². The minimum absolute atomic E-state index is 0.0451. The summed E-state index contributed by atoms with van der Waals surface area (Å²) >= 11 is 0. The Bertz CT molecular complexity index is 983. The van der Waals surface area contributed by atoms with Gasteiger partial charge in [-0.05, 0) is 55.0 Å². The van der Waals surface area contributed by atoms with Crippen LogP contribution in [-0.2, 0) is 17.6 Å². The van der Waals surface area contributed by atoms with Crippen LogP contribution in [0.2, 0.25) is 0 Å². The van der Waals surface area contributed by atoms with E-state index in [-0.39, 0.29) is 11.8 Å². The van der Waals surface area contributed by atoms with Gasteiger partial charge in [0, 0.05) is 42.5 Å². The molecule has 27 heavy (non-hydrogen) atoms. The van der Waals surface area contributed by atoms with Crippen molar-refractivity contribution in [3.05, 3.63) is 59.7 Å². The standard InChI is InChI=1S/C21H20N4O2/c26-19-12-16(20-23-21(27-24-20)15-8-10-22-11-9-15)13-25(19)18-7-3-5-14-4-1-2-6-17(14)18/h3,5,7-11,16H,1-2,4,6,12-13H2. The topological polar surface area (TPSA) is 72.1 Å². The number of carbonyl (C=O) groups excluding carboxylic acids is 1. The van der Waals surface area contributed by atoms with Crippen LogP contribution >= 0.6 is 0 Å². The predicted molar refractivity (Wildman–Crippen MR) is 100 cm³/mol. The zero-order valence-electron chi connectivity index (χ0n) is 15.0. The lowest BCUT2D eigenvalue weighted by Gasteiger charge is -2.25. The number of rotatable bonds is 3. The summed E-state index contributed by atoms with van der Waals surface area (Å²) in [6.07, 6.45) is 8.38. The summed E-state index contributed by atoms with van der Waals surface area (Å²) in [6, 6.07) is 9.99. The fraction of sp³-hybridized carbons (Fsp3) is 0.333. The first-order valence-electron chi connectivity index (χ1n) is 9.45. The first-order valence-corrected chi connectivity index (χ1v) is 9.45. The molecule has 5 rings (SSSR count). The second-order valence-electron chi connectivity index (χ2n) is 7.22. The van der Waals surface area contributed by atoms with E-state index < -0.39 is 0 Å². The quantitative estimate of drug-likeness (QED) is 0.714. The number of anilines is 1. The zero-order chi connectivity index (χ0) is 18.2. The van der Waals surface area contributed by atoms with E-state index in [1.807, 2.05) is 17.0 Å². The number of carbonyl (C=O) groups is 1. The van der Waals surface area contributed by atoms with Crippen molar-refractivity contribution in [1.82, 2.24) is 15.1 Å². The number of benzene rings is 1. The molecular formula is C21H20N4O2. The summed E-state index contributed by atoms with van der Waals surface area (Å²) < 4.78 is 5.41. The fourth-order valence-corrected chi connectivity index (χ4v) is 4.14. The molecule has 0 N–H and O–H groups in total. The molecule has 1 atom stereocenters. The molecular weight excluding hydrogens is 340 g/mol. The average Bonchev–Trinajstić information content (AvgIpc) is 3.35. The largest absolute Gasteiger partial charge is 0.334 e. The maximum absolute atomic E-state index is 12.8. The van der Waals surface area contributed by atoms with E-state index in [2.05, 4.69) is 33.3 Å². The summed E-state index contributed by atoms with van der Waals surface area (Å²) in [5.74, 6) is 1.16. The van der Waals surface area contributed by atoms with Crippen LogP contribution in [0.25, 0.3) is 11.5 Å². The summed E-state index contributed by atoms with van der Waals surface area (Å²) in [4.78, 5) is 23.2. The Balaban J connectivity index is 1.41. The highest BCUT2D eigenvalue weighted by atomic mass is 16.5. The summed E-state index contributed by atoms with van der Waals surface area (Å²) in [5, 5.41) is 4.14. The lowest BCUT2D eigenvalue weighted by molar-refractivity contribution is -0.117. The maximum atomic E-state index is 12.8. The SMILES string of the molecule is O=C1CC(c2noc(-c3ccncc3)n2)CN1c1cccc2c1CCCC2. The molecule has 1 fully saturated rings. The van der Waals surface area contributed by atoms with Crippen LogP contribution < -0.4 is 4.90 Å². The Kier molecular flexibility index (Phi) is 3.96. The van der Waals surface area contributed by atoms with Gasteiger partial charge in [0.15, 0.2) is 5.82 Å². The van der Waals surface area contributed by atoms with E-state index in [9.17, 15) is 4.79 Å². The third-order valence-electron chi connectivity index (χ3n) is 5.52. The Hall–Kier alpha value is -3.02. The average molecular weight is 360 g/mol. The smallest absolute Gasteiger partial charge is 0.258 e. The van der Waals surface area contributed by atoms with Gasteiger partial charge in [0.25, 0.3) is 5.89 Å². The van der Waals surface area contributed by atoms with E-state index in [1.54, 1.807) is 12.4 Å². The minimum Gasteiger partial charge on any atom is -0.334 e. The van der Waals surface area contributed by atoms with Gasteiger partial charge >= 0.3 is 0 Å². The molecule has 0 spiro atoms. The van der Waals surface area contributed by atoms with Crippen LogP contribution in [-0.4, -0.2) is 27.6 Å². The number of amides is 1. The van der Waals surface area contributed by atoms with E-state index in [0.717, 1.165) is 24.1 Å². The van der Waals surface area contributed by atoms with Crippen molar-refractivity contribution >= 4 is 11.6 Å². The maximum Gasteiger partial charge on any atom is 0.258 e. The van der Waals surface area contributed by atoms with Gasteiger partial charge in [-0.25, -0.2) is 0 Å². The van der Waals surface area contributed by atoms with Gasteiger partial charge in [-0.15, -0.1) is 0 Å². The zero-order valence-corrected chi connectivity index (χ0v) is 15.0. The van der Waals surface area contributed by atoms with Crippen molar-refractivity contribution in [2.45, 2.75) is 38.0 Å². The fourth-order valence-electron chi connectivity index (χ4n) is 4.14. The van der Waals surface area contributed by atoms with Gasteiger partial charge in [-0.2, -0.15) is 4.98 Å². The molecule has 1 amide bonds. The second kappa shape index (κ2) is 6.61. The normalized spacial score (nSPS) is 19.3. The first-order chi connectivity index (χ1) is 13.3. The molecule has 0 radical (unpaired) electrons. The molecule has 3 aromatic rings. The van der Waals surface area contributed by atoms with Crippen LogP contribution in [0.5, 0.6) is 0 Å². The molecule has 6 heteroatoms. The molecule has 136 valence electrons. The van der Waals surface area contributed by atoms with E-state index in [1.165, 1.54) is 24.0 Å². The van der Waals surface area contributed by atoms with Gasteiger partial charge < -0.3 is 9.42 Å². The minimum atomic E-state index is -0.0451. The Morgan fingerprint density at radius 2 is 1.93 bits per heavy atom. The molecule has 1 unspecified atom stereocenters. The molecule has 6 nitrogen and oxygen atoms in total. The van der Waals surface area contributed by atoms with E-state index in [0.29, 0.717) is 24.7 Å². The molecule has 1 aliphatic heterocycles. The summed E-state index contributed by atoms with van der Waals surface area (Å²) in [5.41, 5.74) is 4.62. The number of hydrogen-bond donors (Lipinski definition) is 0. The highest BCUT2D eigenvalue weighted by molar-refractivity contribution is 5.97. The van der Waals surface area contributed by atoms with Crippen LogP contribution in [0.4, 0.5) is 5.69 Å². The third-order valence-corrected chi connectivity index (χ3v) is 5.52. The van der Waals surface area contributed by atoms with Crippen molar-refractivity contribution < 1.29 is 9.32 Å². The number of pyridine rings is 1. The summed E-state index contributed by atoms with van der Waals surface area (Å²) in [7, 11) is 0. The molecule has 0 bridgehead atoms. The van der Waals surface area contributed by atoms with Crippen molar-refractivity contribution in [2.24, 2.45) is 0 Å². The van der Waals surface area contributed by atoms with E-state index in [4.69, 9.17) is 4.52 Å². The summed E-state index contributed by atoms with van der Waals surface area (Å²) in [6.45, 7) is 0.602. The Morgan fingerprint density at radius 3 is 2.81 bits per heavy atom. The number of fused-ring (bicyclic) bond motifs is 1. The van der Waals surface area contributed by atoms with Crippen molar-refractivity contribution in [3.63, 3.8) is 0 Å². The van der Waals surface area contributed by atoms with Gasteiger partial charge in [0.2, 0.25) is 5.91 Å². The van der Waals surface area contributed by atoms with Crippen LogP contribution in [0, 0.1) is 0 Å². The molecule has 1 aromatic carbocycles. The van der Waals surface area contributed by atoms with Crippen molar-refractivity contribution in [2.75, 3.05) is 11.4 Å². The number of aryl methyl sites for hydroxylation is 1. The number of nitrogens with zero attached hydrogens (tertiary/aromatic N) is 4. The third kappa shape index (κ3) is 2.91. The molecule has 2 aromatic heterocycles.